The summed E-state index contributed by atoms with van der Waals surface area (Å²) in [6.07, 6.45) is 2.93. The second-order valence-electron chi connectivity index (χ2n) is 9.85. The van der Waals surface area contributed by atoms with E-state index in [0.29, 0.717) is 47.6 Å². The van der Waals surface area contributed by atoms with Gasteiger partial charge in [0.15, 0.2) is 0 Å². The molecule has 0 atom stereocenters. The van der Waals surface area contributed by atoms with Crippen molar-refractivity contribution in [3.8, 4) is 5.69 Å². The fraction of sp³-hybridized carbons (Fsp3) is 0.393. The van der Waals surface area contributed by atoms with Crippen molar-refractivity contribution < 1.29 is 9.59 Å². The van der Waals surface area contributed by atoms with Crippen molar-refractivity contribution in [2.75, 3.05) is 13.1 Å². The summed E-state index contributed by atoms with van der Waals surface area (Å²) >= 11 is 12.1. The minimum Gasteiger partial charge on any atom is -0.350 e. The molecule has 0 spiro atoms. The lowest BCUT2D eigenvalue weighted by molar-refractivity contribution is -0.122. The number of carbonyl (C=O) groups is 2. The minimum absolute atomic E-state index is 0.0149. The maximum atomic E-state index is 12.8. The summed E-state index contributed by atoms with van der Waals surface area (Å²) in [5.41, 5.74) is 3.50. The maximum absolute atomic E-state index is 12.8. The Morgan fingerprint density at radius 2 is 1.69 bits per heavy atom. The molecule has 0 saturated carbocycles. The summed E-state index contributed by atoms with van der Waals surface area (Å²) in [7, 11) is 0. The highest BCUT2D eigenvalue weighted by molar-refractivity contribution is 6.35. The van der Waals surface area contributed by atoms with Crippen LogP contribution in [0.5, 0.6) is 0 Å². The second kappa shape index (κ2) is 11.9. The van der Waals surface area contributed by atoms with Gasteiger partial charge in [0.1, 0.15) is 0 Å². The Labute approximate surface area is 222 Å². The van der Waals surface area contributed by atoms with E-state index < -0.39 is 0 Å². The van der Waals surface area contributed by atoms with E-state index in [1.807, 2.05) is 39.9 Å². The summed E-state index contributed by atoms with van der Waals surface area (Å²) in [6.45, 7) is 6.00. The number of benzene rings is 2. The van der Waals surface area contributed by atoms with Crippen LogP contribution in [0.1, 0.15) is 54.9 Å². The van der Waals surface area contributed by atoms with Crippen LogP contribution in [0.2, 0.25) is 10.0 Å². The Bertz CT molecular complexity index is 1180. The molecule has 2 heterocycles. The number of aromatic nitrogens is 2. The summed E-state index contributed by atoms with van der Waals surface area (Å²) in [4.78, 5) is 27.3. The molecule has 4 rings (SSSR count). The normalized spacial score (nSPS) is 14.3. The zero-order chi connectivity index (χ0) is 25.7. The number of amides is 2. The lowest BCUT2D eigenvalue weighted by Crippen LogP contribution is -2.39. The molecule has 36 heavy (non-hydrogen) atoms. The van der Waals surface area contributed by atoms with Gasteiger partial charge in [-0.25, -0.2) is 4.68 Å². The first-order chi connectivity index (χ1) is 17.3. The predicted molar refractivity (Wildman–Crippen MR) is 144 cm³/mol. The van der Waals surface area contributed by atoms with E-state index in [1.54, 1.807) is 18.2 Å². The van der Waals surface area contributed by atoms with Gasteiger partial charge >= 0.3 is 0 Å². The van der Waals surface area contributed by atoms with Crippen molar-refractivity contribution in [2.45, 2.75) is 46.1 Å². The summed E-state index contributed by atoms with van der Waals surface area (Å²) in [5, 5.41) is 8.69. The Kier molecular flexibility index (Phi) is 8.70. The topological polar surface area (TPSA) is 67.2 Å². The van der Waals surface area contributed by atoms with Crippen LogP contribution in [0.15, 0.2) is 54.6 Å². The second-order valence-corrected chi connectivity index (χ2v) is 10.7. The molecule has 1 aliphatic rings. The molecule has 6 nitrogen and oxygen atoms in total. The van der Waals surface area contributed by atoms with Crippen LogP contribution < -0.4 is 5.32 Å². The molecule has 1 fully saturated rings. The van der Waals surface area contributed by atoms with E-state index in [4.69, 9.17) is 28.3 Å². The number of nitrogens with one attached hydrogen (secondary N) is 1. The minimum atomic E-state index is -0.0755. The first kappa shape index (κ1) is 26.2. The quantitative estimate of drug-likeness (QED) is 0.395. The standard InChI is InChI=1S/C28H32Cl2N4O2/c1-19(2)12-26-17-24(32-34(26)25-6-4-3-5-7-25)18-31-27(35)13-20-8-10-33(11-9-20)28(36)21-14-22(29)16-23(30)15-21/h3-7,14-17,19-20H,8-13,18H2,1-2H3,(H,31,35). The average Bonchev–Trinajstić information content (AvgIpc) is 3.24. The van der Waals surface area contributed by atoms with Crippen LogP contribution in [-0.2, 0) is 17.8 Å². The lowest BCUT2D eigenvalue weighted by Gasteiger charge is -2.32. The SMILES string of the molecule is CC(C)Cc1cc(CNC(=O)CC2CCN(C(=O)c3cc(Cl)cc(Cl)c3)CC2)nn1-c1ccccc1. The van der Waals surface area contributed by atoms with E-state index in [1.165, 1.54) is 0 Å². The largest absolute Gasteiger partial charge is 0.350 e. The highest BCUT2D eigenvalue weighted by atomic mass is 35.5. The molecule has 8 heteroatoms. The third kappa shape index (κ3) is 6.89. The first-order valence-electron chi connectivity index (χ1n) is 12.4. The van der Waals surface area contributed by atoms with Crippen molar-refractivity contribution in [1.82, 2.24) is 20.0 Å². The highest BCUT2D eigenvalue weighted by Gasteiger charge is 2.25. The fourth-order valence-corrected chi connectivity index (χ4v) is 5.17. The zero-order valence-corrected chi connectivity index (χ0v) is 22.2. The number of carbonyl (C=O) groups excluding carboxylic acids is 2. The van der Waals surface area contributed by atoms with Crippen LogP contribution in [0.4, 0.5) is 0 Å². The van der Waals surface area contributed by atoms with Crippen molar-refractivity contribution in [3.63, 3.8) is 0 Å². The van der Waals surface area contributed by atoms with Gasteiger partial charge in [-0.15, -0.1) is 0 Å². The van der Waals surface area contributed by atoms with E-state index in [-0.39, 0.29) is 17.7 Å². The van der Waals surface area contributed by atoms with Crippen molar-refractivity contribution in [2.24, 2.45) is 11.8 Å². The molecule has 190 valence electrons. The fourth-order valence-electron chi connectivity index (χ4n) is 4.64. The number of nitrogens with zero attached hydrogens (tertiary/aromatic N) is 3. The predicted octanol–water partition coefficient (Wildman–Crippen LogP) is 5.94. The number of hydrogen-bond donors (Lipinski definition) is 1. The van der Waals surface area contributed by atoms with Gasteiger partial charge in [-0.1, -0.05) is 55.2 Å². The van der Waals surface area contributed by atoms with Gasteiger partial charge < -0.3 is 10.2 Å². The van der Waals surface area contributed by atoms with Crippen molar-refractivity contribution >= 4 is 35.0 Å². The number of rotatable bonds is 8. The van der Waals surface area contributed by atoms with Gasteiger partial charge in [-0.05, 0) is 67.5 Å². The van der Waals surface area contributed by atoms with Gasteiger partial charge in [0, 0.05) is 40.8 Å². The number of hydrogen-bond acceptors (Lipinski definition) is 3. The molecular formula is C28H32Cl2N4O2. The molecule has 1 aliphatic heterocycles. The molecule has 1 N–H and O–H groups in total. The van der Waals surface area contributed by atoms with E-state index >= 15 is 0 Å². The number of para-hydroxylation sites is 1. The molecule has 2 aromatic carbocycles. The summed E-state index contributed by atoms with van der Waals surface area (Å²) in [6, 6.07) is 17.0. The summed E-state index contributed by atoms with van der Waals surface area (Å²) < 4.78 is 1.97. The van der Waals surface area contributed by atoms with Crippen molar-refractivity contribution in [3.05, 3.63) is 81.6 Å². The van der Waals surface area contributed by atoms with Crippen molar-refractivity contribution in [1.29, 1.82) is 0 Å². The lowest BCUT2D eigenvalue weighted by atomic mass is 9.93. The van der Waals surface area contributed by atoms with E-state index in [9.17, 15) is 9.59 Å². The number of piperidine rings is 1. The van der Waals surface area contributed by atoms with Crippen LogP contribution in [0.3, 0.4) is 0 Å². The van der Waals surface area contributed by atoms with Gasteiger partial charge in [0.25, 0.3) is 5.91 Å². The Hall–Kier alpha value is -2.83. The Morgan fingerprint density at radius 1 is 1.03 bits per heavy atom. The smallest absolute Gasteiger partial charge is 0.253 e. The van der Waals surface area contributed by atoms with Gasteiger partial charge in [-0.2, -0.15) is 5.10 Å². The third-order valence-electron chi connectivity index (χ3n) is 6.40. The first-order valence-corrected chi connectivity index (χ1v) is 13.2. The van der Waals surface area contributed by atoms with Gasteiger partial charge in [-0.3, -0.25) is 9.59 Å². The monoisotopic (exact) mass is 526 g/mol. The van der Waals surface area contributed by atoms with Gasteiger partial charge in [0.2, 0.25) is 5.91 Å². The molecule has 1 saturated heterocycles. The molecule has 0 unspecified atom stereocenters. The molecule has 0 aliphatic carbocycles. The summed E-state index contributed by atoms with van der Waals surface area (Å²) in [5.74, 6) is 0.685. The van der Waals surface area contributed by atoms with E-state index in [0.717, 1.165) is 36.3 Å². The highest BCUT2D eigenvalue weighted by Crippen LogP contribution is 2.25. The Balaban J connectivity index is 1.29. The number of halogens is 2. The zero-order valence-electron chi connectivity index (χ0n) is 20.7. The average molecular weight is 527 g/mol. The Morgan fingerprint density at radius 3 is 2.33 bits per heavy atom. The van der Waals surface area contributed by atoms with Crippen LogP contribution >= 0.6 is 23.2 Å². The van der Waals surface area contributed by atoms with Gasteiger partial charge in [0.05, 0.1) is 17.9 Å². The van der Waals surface area contributed by atoms with Crippen LogP contribution in [-0.4, -0.2) is 39.6 Å². The molecule has 0 bridgehead atoms. The van der Waals surface area contributed by atoms with Crippen LogP contribution in [0, 0.1) is 11.8 Å². The third-order valence-corrected chi connectivity index (χ3v) is 6.84. The van der Waals surface area contributed by atoms with Crippen LogP contribution in [0.25, 0.3) is 5.69 Å². The molecule has 0 radical (unpaired) electrons. The molecular weight excluding hydrogens is 495 g/mol. The molecule has 2 amide bonds. The molecule has 3 aromatic rings. The number of likely N-dealkylation sites (tertiary alicyclic amines) is 1. The molecule has 1 aromatic heterocycles. The van der Waals surface area contributed by atoms with E-state index in [2.05, 4.69) is 25.2 Å². The maximum Gasteiger partial charge on any atom is 0.253 e.